The van der Waals surface area contributed by atoms with Crippen molar-refractivity contribution in [2.75, 3.05) is 0 Å². The highest BCUT2D eigenvalue weighted by Gasteiger charge is 2.27. The van der Waals surface area contributed by atoms with Gasteiger partial charge in [0.25, 0.3) is 0 Å². The lowest BCUT2D eigenvalue weighted by Gasteiger charge is -1.90. The van der Waals surface area contributed by atoms with Crippen LogP contribution < -0.4 is 0 Å². The summed E-state index contributed by atoms with van der Waals surface area (Å²) in [5, 5.41) is 0.912. The maximum Gasteiger partial charge on any atom is 0.177 e. The molecular formula is C10H12N4S2. The zero-order valence-corrected chi connectivity index (χ0v) is 10.6. The number of hydrogen-bond acceptors (Lipinski definition) is 5. The van der Waals surface area contributed by atoms with E-state index in [2.05, 4.69) is 26.2 Å². The number of aromatic amines is 1. The number of aromatic nitrogens is 4. The number of nitrogens with one attached hydrogen (secondary N) is 1. The minimum absolute atomic E-state index is 0.633. The number of nitrogens with zero attached hydrogens (tertiary/aromatic N) is 3. The molecule has 1 aliphatic rings. The van der Waals surface area contributed by atoms with Crippen LogP contribution in [0.25, 0.3) is 0 Å². The Morgan fingerprint density at radius 1 is 1.56 bits per heavy atom. The Balaban J connectivity index is 1.72. The standard InChI is InChI=1S/C10H12N4S2/c1-2-7-5-11-9(12-7)15-10-13-8(14-16-10)6-3-4-6/h5-6H,2-4H2,1H3,(H,11,12). The van der Waals surface area contributed by atoms with Crippen LogP contribution in [0, 0.1) is 0 Å². The summed E-state index contributed by atoms with van der Waals surface area (Å²) in [6, 6.07) is 0. The first-order valence-electron chi connectivity index (χ1n) is 5.40. The molecule has 0 aliphatic heterocycles. The second-order valence-electron chi connectivity index (χ2n) is 3.86. The smallest absolute Gasteiger partial charge is 0.177 e. The minimum Gasteiger partial charge on any atom is -0.337 e. The molecule has 0 bridgehead atoms. The lowest BCUT2D eigenvalue weighted by molar-refractivity contribution is 0.952. The van der Waals surface area contributed by atoms with E-state index in [4.69, 9.17) is 0 Å². The average Bonchev–Trinajstić information content (AvgIpc) is 2.88. The van der Waals surface area contributed by atoms with Crippen LogP contribution in [0.3, 0.4) is 0 Å². The van der Waals surface area contributed by atoms with Crippen LogP contribution in [0.2, 0.25) is 0 Å². The van der Waals surface area contributed by atoms with Gasteiger partial charge in [-0.15, -0.1) is 0 Å². The van der Waals surface area contributed by atoms with Crippen molar-refractivity contribution in [2.45, 2.75) is 41.6 Å². The van der Waals surface area contributed by atoms with Gasteiger partial charge in [-0.25, -0.2) is 9.97 Å². The molecule has 2 aromatic rings. The molecule has 1 saturated carbocycles. The first-order chi connectivity index (χ1) is 7.85. The summed E-state index contributed by atoms with van der Waals surface area (Å²) in [6.45, 7) is 2.11. The summed E-state index contributed by atoms with van der Waals surface area (Å²) in [7, 11) is 0. The molecule has 0 saturated heterocycles. The molecule has 0 radical (unpaired) electrons. The molecule has 1 fully saturated rings. The topological polar surface area (TPSA) is 54.5 Å². The van der Waals surface area contributed by atoms with E-state index in [1.165, 1.54) is 24.4 Å². The summed E-state index contributed by atoms with van der Waals surface area (Å²) in [5.74, 6) is 1.66. The van der Waals surface area contributed by atoms with Gasteiger partial charge in [0.1, 0.15) is 5.82 Å². The van der Waals surface area contributed by atoms with Gasteiger partial charge in [-0.2, -0.15) is 4.37 Å². The molecular weight excluding hydrogens is 240 g/mol. The van der Waals surface area contributed by atoms with E-state index in [1.54, 1.807) is 11.8 Å². The fourth-order valence-electron chi connectivity index (χ4n) is 1.42. The number of hydrogen-bond donors (Lipinski definition) is 1. The SMILES string of the molecule is CCc1cnc(Sc2nc(C3CC3)ns2)[nH]1. The molecule has 1 N–H and O–H groups in total. The first kappa shape index (κ1) is 10.3. The largest absolute Gasteiger partial charge is 0.337 e. The molecule has 84 valence electrons. The van der Waals surface area contributed by atoms with Crippen molar-refractivity contribution in [3.8, 4) is 0 Å². The fraction of sp³-hybridized carbons (Fsp3) is 0.500. The van der Waals surface area contributed by atoms with Crippen molar-refractivity contribution in [1.82, 2.24) is 19.3 Å². The second kappa shape index (κ2) is 4.18. The van der Waals surface area contributed by atoms with Gasteiger partial charge in [0.15, 0.2) is 9.50 Å². The van der Waals surface area contributed by atoms with Crippen LogP contribution in [0.1, 0.15) is 37.2 Å². The summed E-state index contributed by atoms with van der Waals surface area (Å²) < 4.78 is 5.35. The van der Waals surface area contributed by atoms with Crippen LogP contribution in [-0.2, 0) is 6.42 Å². The number of aryl methyl sites for hydroxylation is 1. The van der Waals surface area contributed by atoms with Crippen molar-refractivity contribution in [3.05, 3.63) is 17.7 Å². The average molecular weight is 252 g/mol. The minimum atomic E-state index is 0.633. The van der Waals surface area contributed by atoms with E-state index in [0.717, 1.165) is 27.4 Å². The highest BCUT2D eigenvalue weighted by atomic mass is 32.2. The highest BCUT2D eigenvalue weighted by molar-refractivity contribution is 8.00. The lowest BCUT2D eigenvalue weighted by atomic mass is 10.4. The monoisotopic (exact) mass is 252 g/mol. The Hall–Kier alpha value is -0.880. The quantitative estimate of drug-likeness (QED) is 0.909. The Kier molecular flexibility index (Phi) is 2.69. The van der Waals surface area contributed by atoms with Gasteiger partial charge in [0, 0.05) is 17.8 Å². The van der Waals surface area contributed by atoms with Crippen LogP contribution in [0.5, 0.6) is 0 Å². The van der Waals surface area contributed by atoms with Gasteiger partial charge < -0.3 is 4.98 Å². The number of imidazole rings is 1. The Bertz CT molecular complexity index is 486. The van der Waals surface area contributed by atoms with Crippen molar-refractivity contribution < 1.29 is 0 Å². The summed E-state index contributed by atoms with van der Waals surface area (Å²) >= 11 is 3.04. The van der Waals surface area contributed by atoms with E-state index in [9.17, 15) is 0 Å². The van der Waals surface area contributed by atoms with Crippen LogP contribution >= 0.6 is 23.3 Å². The normalized spacial score (nSPS) is 15.6. The predicted octanol–water partition coefficient (Wildman–Crippen LogP) is 2.85. The fourth-order valence-corrected chi connectivity index (χ4v) is 3.01. The maximum atomic E-state index is 4.51. The Labute approximate surface area is 102 Å². The molecule has 2 heterocycles. The molecule has 0 amide bonds. The molecule has 0 atom stereocenters. The van der Waals surface area contributed by atoms with Crippen molar-refractivity contribution in [3.63, 3.8) is 0 Å². The second-order valence-corrected chi connectivity index (χ2v) is 5.85. The Morgan fingerprint density at radius 3 is 3.12 bits per heavy atom. The molecule has 0 unspecified atom stereocenters. The van der Waals surface area contributed by atoms with E-state index in [0.29, 0.717) is 5.92 Å². The highest BCUT2D eigenvalue weighted by Crippen LogP contribution is 2.40. The predicted molar refractivity (Wildman–Crippen MR) is 64.0 cm³/mol. The van der Waals surface area contributed by atoms with Gasteiger partial charge in [0.05, 0.1) is 0 Å². The molecule has 0 spiro atoms. The van der Waals surface area contributed by atoms with Gasteiger partial charge in [-0.3, -0.25) is 0 Å². The number of rotatable bonds is 4. The van der Waals surface area contributed by atoms with Crippen LogP contribution in [0.15, 0.2) is 15.7 Å². The first-order valence-corrected chi connectivity index (χ1v) is 6.99. The molecule has 4 nitrogen and oxygen atoms in total. The molecule has 0 aromatic carbocycles. The molecule has 3 rings (SSSR count). The van der Waals surface area contributed by atoms with Crippen molar-refractivity contribution in [2.24, 2.45) is 0 Å². The zero-order valence-electron chi connectivity index (χ0n) is 8.93. The van der Waals surface area contributed by atoms with Crippen LogP contribution in [-0.4, -0.2) is 19.3 Å². The summed E-state index contributed by atoms with van der Waals surface area (Å²) in [5.41, 5.74) is 1.16. The third kappa shape index (κ3) is 2.12. The summed E-state index contributed by atoms with van der Waals surface area (Å²) in [4.78, 5) is 12.1. The molecule has 16 heavy (non-hydrogen) atoms. The lowest BCUT2D eigenvalue weighted by Crippen LogP contribution is -1.81. The third-order valence-corrected chi connectivity index (χ3v) is 4.20. The van der Waals surface area contributed by atoms with Crippen molar-refractivity contribution in [1.29, 1.82) is 0 Å². The summed E-state index contributed by atoms with van der Waals surface area (Å²) in [6.07, 6.45) is 5.37. The van der Waals surface area contributed by atoms with E-state index in [1.807, 2.05) is 6.20 Å². The number of H-pyrrole nitrogens is 1. The maximum absolute atomic E-state index is 4.51. The van der Waals surface area contributed by atoms with Crippen LogP contribution in [0.4, 0.5) is 0 Å². The third-order valence-electron chi connectivity index (χ3n) is 2.54. The van der Waals surface area contributed by atoms with Gasteiger partial charge in [-0.05, 0) is 42.6 Å². The molecule has 2 aromatic heterocycles. The van der Waals surface area contributed by atoms with Gasteiger partial charge in [0.2, 0.25) is 0 Å². The molecule has 1 aliphatic carbocycles. The Morgan fingerprint density at radius 2 is 2.44 bits per heavy atom. The van der Waals surface area contributed by atoms with Gasteiger partial charge >= 0.3 is 0 Å². The van der Waals surface area contributed by atoms with Gasteiger partial charge in [-0.1, -0.05) is 6.92 Å². The van der Waals surface area contributed by atoms with E-state index >= 15 is 0 Å². The zero-order chi connectivity index (χ0) is 11.0. The molecule has 6 heteroatoms. The van der Waals surface area contributed by atoms with Crippen molar-refractivity contribution >= 4 is 23.3 Å². The van der Waals surface area contributed by atoms with E-state index < -0.39 is 0 Å². The van der Waals surface area contributed by atoms with E-state index in [-0.39, 0.29) is 0 Å².